The second-order valence-electron chi connectivity index (χ2n) is 6.95. The predicted octanol–water partition coefficient (Wildman–Crippen LogP) is 1.54. The van der Waals surface area contributed by atoms with Gasteiger partial charge < -0.3 is 4.90 Å². The minimum Gasteiger partial charge on any atom is -0.303 e. The highest BCUT2D eigenvalue weighted by Gasteiger charge is 2.35. The van der Waals surface area contributed by atoms with Gasteiger partial charge in [0, 0.05) is 45.8 Å². The van der Waals surface area contributed by atoms with Crippen LogP contribution in [0.25, 0.3) is 0 Å². The van der Waals surface area contributed by atoms with Crippen molar-refractivity contribution in [2.24, 2.45) is 0 Å². The number of nitrogens with zero attached hydrogens (tertiary/aromatic N) is 3. The van der Waals surface area contributed by atoms with Crippen LogP contribution >= 0.6 is 0 Å². The first-order valence-electron chi connectivity index (χ1n) is 9.42. The van der Waals surface area contributed by atoms with Gasteiger partial charge in [-0.2, -0.15) is 0 Å². The summed E-state index contributed by atoms with van der Waals surface area (Å²) in [6.07, 6.45) is 0. The highest BCUT2D eigenvalue weighted by Crippen LogP contribution is 2.28. The molecule has 4 rings (SSSR count). The Labute approximate surface area is 159 Å². The van der Waals surface area contributed by atoms with Gasteiger partial charge in [-0.15, -0.1) is 0 Å². The summed E-state index contributed by atoms with van der Waals surface area (Å²) in [6.45, 7) is 5.94. The average molecular weight is 364 g/mol. The van der Waals surface area contributed by atoms with Crippen LogP contribution in [0.3, 0.4) is 0 Å². The lowest BCUT2D eigenvalue weighted by molar-refractivity contribution is -0.114. The maximum Gasteiger partial charge on any atom is 0.299 e. The molecule has 6 nitrogen and oxygen atoms in total. The number of carbonyl (C=O) groups excluding carboxylic acids is 2. The molecule has 2 aromatic carbocycles. The fraction of sp³-hybridized carbons (Fsp3) is 0.333. The topological polar surface area (TPSA) is 55.9 Å². The van der Waals surface area contributed by atoms with Crippen LogP contribution in [0.1, 0.15) is 15.9 Å². The van der Waals surface area contributed by atoms with Crippen molar-refractivity contribution in [2.45, 2.75) is 6.54 Å². The van der Waals surface area contributed by atoms with Crippen molar-refractivity contribution < 1.29 is 9.59 Å². The Bertz CT molecular complexity index is 816. The molecule has 0 bridgehead atoms. The molecule has 0 unspecified atom stereocenters. The smallest absolute Gasteiger partial charge is 0.299 e. The zero-order valence-corrected chi connectivity index (χ0v) is 15.3. The molecule has 1 saturated heterocycles. The van der Waals surface area contributed by atoms with Gasteiger partial charge in [0.2, 0.25) is 0 Å². The van der Waals surface area contributed by atoms with E-state index >= 15 is 0 Å². The second-order valence-corrected chi connectivity index (χ2v) is 6.95. The van der Waals surface area contributed by atoms with E-state index in [-0.39, 0.29) is 5.78 Å². The van der Waals surface area contributed by atoms with Gasteiger partial charge in [0.05, 0.1) is 11.3 Å². The third-order valence-electron chi connectivity index (χ3n) is 5.24. The molecule has 27 heavy (non-hydrogen) atoms. The maximum atomic E-state index is 12.2. The minimum absolute atomic E-state index is 0.388. The maximum absolute atomic E-state index is 12.2. The van der Waals surface area contributed by atoms with Gasteiger partial charge in [0.1, 0.15) is 0 Å². The molecular weight excluding hydrogens is 340 g/mol. The third kappa shape index (κ3) is 3.93. The number of amides is 1. The number of Topliss-reactive ketones (excluding diaryl/α,β-unsaturated/α-hetero) is 1. The molecule has 1 N–H and O–H groups in total. The summed E-state index contributed by atoms with van der Waals surface area (Å²) in [5, 5.41) is 2.25. The number of hydrogen-bond acceptors (Lipinski definition) is 5. The first kappa shape index (κ1) is 17.9. The number of piperazine rings is 1. The molecule has 0 atom stereocenters. The Hall–Kier alpha value is -2.54. The third-order valence-corrected chi connectivity index (χ3v) is 5.24. The summed E-state index contributed by atoms with van der Waals surface area (Å²) >= 11 is 0. The predicted molar refractivity (Wildman–Crippen MR) is 104 cm³/mol. The lowest BCUT2D eigenvalue weighted by Gasteiger charge is -2.35. The molecule has 0 aliphatic carbocycles. The normalized spacial score (nSPS) is 18.1. The van der Waals surface area contributed by atoms with E-state index in [1.807, 2.05) is 18.2 Å². The molecule has 1 fully saturated rings. The monoisotopic (exact) mass is 364 g/mol. The molecule has 2 aromatic rings. The van der Waals surface area contributed by atoms with Crippen LogP contribution in [0.5, 0.6) is 0 Å². The number of carbonyl (C=O) groups is 2. The van der Waals surface area contributed by atoms with Gasteiger partial charge in [-0.3, -0.25) is 19.9 Å². The van der Waals surface area contributed by atoms with E-state index in [1.165, 1.54) is 5.56 Å². The molecule has 1 amide bonds. The number of rotatable bonds is 6. The molecular formula is C21H24N4O2. The van der Waals surface area contributed by atoms with Crippen LogP contribution in [-0.4, -0.2) is 60.9 Å². The summed E-state index contributed by atoms with van der Waals surface area (Å²) in [5.41, 5.74) is 6.02. The first-order valence-corrected chi connectivity index (χ1v) is 9.42. The van der Waals surface area contributed by atoms with Crippen LogP contribution < -0.4 is 10.3 Å². The summed E-state index contributed by atoms with van der Waals surface area (Å²) in [4.78, 5) is 28.3. The number of hydrogen-bond donors (Lipinski definition) is 1. The fourth-order valence-electron chi connectivity index (χ4n) is 3.64. The van der Waals surface area contributed by atoms with E-state index in [0.29, 0.717) is 12.1 Å². The van der Waals surface area contributed by atoms with E-state index in [4.69, 9.17) is 0 Å². The van der Waals surface area contributed by atoms with Gasteiger partial charge in [0.25, 0.3) is 11.7 Å². The molecule has 0 saturated carbocycles. The van der Waals surface area contributed by atoms with Crippen LogP contribution in [0.2, 0.25) is 0 Å². The van der Waals surface area contributed by atoms with Gasteiger partial charge in [0.15, 0.2) is 0 Å². The lowest BCUT2D eigenvalue weighted by Crippen LogP contribution is -2.53. The van der Waals surface area contributed by atoms with Gasteiger partial charge in [-0.25, -0.2) is 5.01 Å². The molecule has 2 aliphatic rings. The van der Waals surface area contributed by atoms with Gasteiger partial charge >= 0.3 is 0 Å². The number of hydrazine groups is 1. The Morgan fingerprint density at radius 1 is 0.815 bits per heavy atom. The molecule has 2 heterocycles. The summed E-state index contributed by atoms with van der Waals surface area (Å²) in [7, 11) is 0. The Morgan fingerprint density at radius 3 is 2.30 bits per heavy atom. The van der Waals surface area contributed by atoms with E-state index in [9.17, 15) is 9.59 Å². The quantitative estimate of drug-likeness (QED) is 0.788. The van der Waals surface area contributed by atoms with Crippen LogP contribution in [0.4, 0.5) is 5.69 Å². The Kier molecular flexibility index (Phi) is 5.29. The minimum atomic E-state index is -0.403. The van der Waals surface area contributed by atoms with Gasteiger partial charge in [-0.05, 0) is 17.7 Å². The highest BCUT2D eigenvalue weighted by atomic mass is 16.2. The van der Waals surface area contributed by atoms with Crippen molar-refractivity contribution in [3.63, 3.8) is 0 Å². The largest absolute Gasteiger partial charge is 0.303 e. The standard InChI is InChI=1S/C21H24N4O2/c26-20-18-8-4-5-9-19(18)25(21(20)27)15-12-23-10-13-24(14-11-23)22-16-17-6-2-1-3-7-17/h1-9,22H,10-16H2. The molecule has 0 spiro atoms. The van der Waals surface area contributed by atoms with Gasteiger partial charge in [-0.1, -0.05) is 42.5 Å². The Balaban J connectivity index is 1.24. The van der Waals surface area contributed by atoms with Crippen molar-refractivity contribution in [3.05, 3.63) is 65.7 Å². The molecule has 140 valence electrons. The van der Waals surface area contributed by atoms with Crippen LogP contribution in [-0.2, 0) is 11.3 Å². The highest BCUT2D eigenvalue weighted by molar-refractivity contribution is 6.52. The van der Waals surface area contributed by atoms with Crippen LogP contribution in [0.15, 0.2) is 54.6 Å². The number of benzene rings is 2. The van der Waals surface area contributed by atoms with Crippen molar-refractivity contribution in [3.8, 4) is 0 Å². The van der Waals surface area contributed by atoms with Crippen molar-refractivity contribution in [1.82, 2.24) is 15.3 Å². The summed E-state index contributed by atoms with van der Waals surface area (Å²) in [5.74, 6) is -0.792. The second kappa shape index (κ2) is 8.00. The van der Waals surface area contributed by atoms with E-state index in [2.05, 4.69) is 39.6 Å². The fourth-order valence-corrected chi connectivity index (χ4v) is 3.64. The molecule has 0 radical (unpaired) electrons. The number of fused-ring (bicyclic) bond motifs is 1. The zero-order valence-electron chi connectivity index (χ0n) is 15.3. The van der Waals surface area contributed by atoms with Crippen molar-refractivity contribution >= 4 is 17.4 Å². The summed E-state index contributed by atoms with van der Waals surface area (Å²) < 4.78 is 0. The van der Waals surface area contributed by atoms with E-state index < -0.39 is 5.91 Å². The zero-order chi connectivity index (χ0) is 18.6. The van der Waals surface area contributed by atoms with Crippen LogP contribution in [0, 0.1) is 0 Å². The summed E-state index contributed by atoms with van der Waals surface area (Å²) in [6, 6.07) is 17.6. The number of anilines is 1. The van der Waals surface area contributed by atoms with Crippen molar-refractivity contribution in [2.75, 3.05) is 44.2 Å². The Morgan fingerprint density at radius 2 is 1.52 bits per heavy atom. The van der Waals surface area contributed by atoms with E-state index in [1.54, 1.807) is 17.0 Å². The average Bonchev–Trinajstić information content (AvgIpc) is 2.97. The van der Waals surface area contributed by atoms with Crippen molar-refractivity contribution in [1.29, 1.82) is 0 Å². The SMILES string of the molecule is O=C1C(=O)N(CCN2CCN(NCc3ccccc3)CC2)c2ccccc21. The first-order chi connectivity index (χ1) is 13.2. The molecule has 6 heteroatoms. The number of nitrogens with one attached hydrogen (secondary N) is 1. The number of para-hydroxylation sites is 1. The lowest BCUT2D eigenvalue weighted by atomic mass is 10.1. The van der Waals surface area contributed by atoms with E-state index in [0.717, 1.165) is 45.0 Å². The molecule has 0 aromatic heterocycles. The number of ketones is 1. The molecule has 2 aliphatic heterocycles.